The summed E-state index contributed by atoms with van der Waals surface area (Å²) in [5.41, 5.74) is 1.15. The second-order valence-electron chi connectivity index (χ2n) is 8.90. The number of anilines is 1. The van der Waals surface area contributed by atoms with E-state index in [1.807, 2.05) is 19.1 Å². The van der Waals surface area contributed by atoms with E-state index in [1.54, 1.807) is 24.0 Å². The van der Waals surface area contributed by atoms with Gasteiger partial charge in [-0.05, 0) is 61.7 Å². The third-order valence-corrected chi connectivity index (χ3v) is 7.69. The maximum atomic E-state index is 13.7. The van der Waals surface area contributed by atoms with Crippen LogP contribution in [0.3, 0.4) is 0 Å². The van der Waals surface area contributed by atoms with Crippen LogP contribution in [-0.2, 0) is 29.0 Å². The molecule has 0 spiro atoms. The van der Waals surface area contributed by atoms with Crippen molar-refractivity contribution >= 4 is 39.2 Å². The Balaban J connectivity index is 1.65. The van der Waals surface area contributed by atoms with Gasteiger partial charge in [-0.25, -0.2) is 18.5 Å². The van der Waals surface area contributed by atoms with Crippen molar-refractivity contribution in [2.75, 3.05) is 18.5 Å². The number of ether oxygens (including phenoxy) is 1. The highest BCUT2D eigenvalue weighted by Gasteiger charge is 2.29. The summed E-state index contributed by atoms with van der Waals surface area (Å²) in [7, 11) is 0. The van der Waals surface area contributed by atoms with Gasteiger partial charge in [0.05, 0.1) is 24.2 Å². The summed E-state index contributed by atoms with van der Waals surface area (Å²) in [6, 6.07) is 12.3. The zero-order valence-electron chi connectivity index (χ0n) is 20.8. The second kappa shape index (κ2) is 10.3. The van der Waals surface area contributed by atoms with Crippen LogP contribution in [0.15, 0.2) is 58.1 Å². The van der Waals surface area contributed by atoms with E-state index in [2.05, 4.69) is 5.32 Å². The van der Waals surface area contributed by atoms with Gasteiger partial charge in [0.15, 0.2) is 0 Å². The number of thiophene rings is 1. The van der Waals surface area contributed by atoms with Crippen molar-refractivity contribution in [3.8, 4) is 5.69 Å². The van der Waals surface area contributed by atoms with Gasteiger partial charge in [0.2, 0.25) is 5.91 Å². The zero-order chi connectivity index (χ0) is 27.0. The molecule has 2 aromatic heterocycles. The van der Waals surface area contributed by atoms with Crippen LogP contribution in [0.1, 0.15) is 22.9 Å². The van der Waals surface area contributed by atoms with Crippen molar-refractivity contribution in [2.45, 2.75) is 33.4 Å². The van der Waals surface area contributed by atoms with Crippen LogP contribution in [-0.4, -0.2) is 39.2 Å². The number of amides is 2. The number of hydrogen-bond donors (Lipinski definition) is 1. The quantitative estimate of drug-likeness (QED) is 0.418. The van der Waals surface area contributed by atoms with E-state index in [9.17, 15) is 23.6 Å². The fourth-order valence-corrected chi connectivity index (χ4v) is 5.93. The molecule has 0 bridgehead atoms. The lowest BCUT2D eigenvalue weighted by atomic mass is 10.1. The average molecular weight is 537 g/mol. The molecule has 0 radical (unpaired) electrons. The van der Waals surface area contributed by atoms with E-state index in [0.717, 1.165) is 20.6 Å². The van der Waals surface area contributed by atoms with Crippen LogP contribution in [0, 0.1) is 12.7 Å². The number of aromatic nitrogens is 2. The average Bonchev–Trinajstić information content (AvgIpc) is 3.28. The molecule has 0 aliphatic carbocycles. The highest BCUT2D eigenvalue weighted by molar-refractivity contribution is 7.18. The molecule has 2 aromatic carbocycles. The summed E-state index contributed by atoms with van der Waals surface area (Å²) in [6.07, 6.45) is -0.0604. The van der Waals surface area contributed by atoms with Crippen molar-refractivity contribution in [3.63, 3.8) is 0 Å². The van der Waals surface area contributed by atoms with Crippen LogP contribution >= 0.6 is 11.3 Å². The van der Waals surface area contributed by atoms with E-state index in [0.29, 0.717) is 28.9 Å². The van der Waals surface area contributed by atoms with Crippen molar-refractivity contribution in [1.29, 1.82) is 0 Å². The molecule has 1 N–H and O–H groups in total. The topological polar surface area (TPSA) is 103 Å². The molecule has 196 valence electrons. The Kier molecular flexibility index (Phi) is 6.85. The van der Waals surface area contributed by atoms with Gasteiger partial charge in [-0.3, -0.25) is 14.2 Å². The van der Waals surface area contributed by atoms with Crippen molar-refractivity contribution in [3.05, 3.63) is 91.2 Å². The van der Waals surface area contributed by atoms with Gasteiger partial charge in [0, 0.05) is 17.1 Å². The number of benzene rings is 2. The van der Waals surface area contributed by atoms with E-state index in [-0.39, 0.29) is 25.4 Å². The number of carbonyl (C=O) groups excluding carboxylic acids is 2. The Morgan fingerprint density at radius 3 is 2.55 bits per heavy atom. The Morgan fingerprint density at radius 1 is 1.11 bits per heavy atom. The van der Waals surface area contributed by atoms with E-state index >= 15 is 0 Å². The molecule has 11 heteroatoms. The lowest BCUT2D eigenvalue weighted by molar-refractivity contribution is -0.116. The molecular weight excluding hydrogens is 511 g/mol. The smallest absolute Gasteiger partial charge is 0.410 e. The number of aryl methyl sites for hydroxylation is 1. The van der Waals surface area contributed by atoms with Gasteiger partial charge < -0.3 is 15.0 Å². The highest BCUT2D eigenvalue weighted by Crippen LogP contribution is 2.33. The molecule has 0 atom stereocenters. The van der Waals surface area contributed by atoms with E-state index in [1.165, 1.54) is 40.2 Å². The third kappa shape index (κ3) is 4.60. The molecule has 3 heterocycles. The largest absolute Gasteiger partial charge is 0.450 e. The monoisotopic (exact) mass is 536 g/mol. The number of nitrogens with zero attached hydrogens (tertiary/aromatic N) is 3. The van der Waals surface area contributed by atoms with Crippen LogP contribution in [0.5, 0.6) is 0 Å². The lowest BCUT2D eigenvalue weighted by Crippen LogP contribution is -2.41. The SMILES string of the molecule is CCOC(=O)N1CCc2c(sc3c2c(=O)n(-c2ccc(F)cc2)c(=O)n3CC(=O)Nc2ccccc2C)C1. The number of halogens is 1. The number of nitrogens with one attached hydrogen (secondary N) is 1. The Morgan fingerprint density at radius 2 is 1.84 bits per heavy atom. The minimum Gasteiger partial charge on any atom is -0.450 e. The third-order valence-electron chi connectivity index (χ3n) is 6.45. The van der Waals surface area contributed by atoms with Gasteiger partial charge in [-0.1, -0.05) is 18.2 Å². The summed E-state index contributed by atoms with van der Waals surface area (Å²) in [5, 5.41) is 3.15. The predicted octanol–water partition coefficient (Wildman–Crippen LogP) is 3.81. The Hall–Kier alpha value is -4.25. The molecule has 38 heavy (non-hydrogen) atoms. The molecule has 0 fully saturated rings. The normalized spacial score (nSPS) is 12.9. The molecule has 2 amide bonds. The van der Waals surface area contributed by atoms with Gasteiger partial charge in [0.25, 0.3) is 5.56 Å². The number of fused-ring (bicyclic) bond motifs is 3. The summed E-state index contributed by atoms with van der Waals surface area (Å²) in [5.74, 6) is -0.945. The van der Waals surface area contributed by atoms with Crippen molar-refractivity contribution in [1.82, 2.24) is 14.0 Å². The predicted molar refractivity (Wildman–Crippen MR) is 143 cm³/mol. The van der Waals surface area contributed by atoms with E-state index in [4.69, 9.17) is 4.74 Å². The molecular formula is C27H25FN4O5S. The summed E-state index contributed by atoms with van der Waals surface area (Å²) in [6.45, 7) is 4.06. The first-order chi connectivity index (χ1) is 18.3. The van der Waals surface area contributed by atoms with Gasteiger partial charge in [-0.15, -0.1) is 11.3 Å². The van der Waals surface area contributed by atoms with E-state index < -0.39 is 29.1 Å². The summed E-state index contributed by atoms with van der Waals surface area (Å²) >= 11 is 1.21. The van der Waals surface area contributed by atoms with Crippen LogP contribution in [0.25, 0.3) is 15.9 Å². The molecule has 9 nitrogen and oxygen atoms in total. The number of carbonyl (C=O) groups is 2. The van der Waals surface area contributed by atoms with Crippen molar-refractivity contribution < 1.29 is 18.7 Å². The van der Waals surface area contributed by atoms with Gasteiger partial charge >= 0.3 is 11.8 Å². The van der Waals surface area contributed by atoms with Crippen LogP contribution < -0.4 is 16.6 Å². The fourth-order valence-electron chi connectivity index (χ4n) is 4.58. The molecule has 1 aliphatic rings. The van der Waals surface area contributed by atoms with Crippen LogP contribution in [0.2, 0.25) is 0 Å². The number of rotatable bonds is 5. The minimum absolute atomic E-state index is 0.195. The van der Waals surface area contributed by atoms with Crippen LogP contribution in [0.4, 0.5) is 14.9 Å². The maximum Gasteiger partial charge on any atom is 0.410 e. The summed E-state index contributed by atoms with van der Waals surface area (Å²) < 4.78 is 21.0. The Bertz CT molecular complexity index is 1670. The standard InChI is InChI=1S/C27H25FN4O5S/c1-3-37-27(36)30-13-12-19-21(14-30)38-25-23(19)24(34)32(18-10-8-17(28)9-11-18)26(35)31(25)15-22(33)29-20-7-5-4-6-16(20)2/h4-11H,3,12-15H2,1-2H3,(H,29,33). The lowest BCUT2D eigenvalue weighted by Gasteiger charge is -2.25. The van der Waals surface area contributed by atoms with Crippen molar-refractivity contribution in [2.24, 2.45) is 0 Å². The maximum absolute atomic E-state index is 13.7. The molecule has 0 unspecified atom stereocenters. The number of para-hydroxylation sites is 1. The molecule has 0 saturated heterocycles. The molecule has 4 aromatic rings. The zero-order valence-corrected chi connectivity index (χ0v) is 21.6. The number of hydrogen-bond acceptors (Lipinski definition) is 6. The van der Waals surface area contributed by atoms with Gasteiger partial charge in [0.1, 0.15) is 17.2 Å². The first kappa shape index (κ1) is 25.4. The first-order valence-corrected chi connectivity index (χ1v) is 12.9. The minimum atomic E-state index is -0.713. The van der Waals surface area contributed by atoms with Gasteiger partial charge in [-0.2, -0.15) is 0 Å². The highest BCUT2D eigenvalue weighted by atomic mass is 32.1. The summed E-state index contributed by atoms with van der Waals surface area (Å²) in [4.78, 5) is 55.5. The first-order valence-electron chi connectivity index (χ1n) is 12.1. The molecule has 0 saturated carbocycles. The second-order valence-corrected chi connectivity index (χ2v) is 9.99. The molecule has 5 rings (SSSR count). The fraction of sp³-hybridized carbons (Fsp3) is 0.259. The Labute approximate surface area is 220 Å². The molecule has 1 aliphatic heterocycles.